The topological polar surface area (TPSA) is 49.8 Å². The lowest BCUT2D eigenvalue weighted by atomic mass is 9.63. The second-order valence-corrected chi connectivity index (χ2v) is 5.18. The molecule has 12 heavy (non-hydrogen) atoms. The fourth-order valence-corrected chi connectivity index (χ4v) is 2.65. The third-order valence-corrected chi connectivity index (χ3v) is 2.67. The molecule has 2 atom stereocenters. The first kappa shape index (κ1) is 9.54. The molecule has 0 radical (unpaired) electrons. The molecule has 68 valence electrons. The smallest absolute Gasteiger partial charge is 0.0687 e. The van der Waals surface area contributed by atoms with Gasteiger partial charge in [0, 0.05) is 6.04 Å². The molecule has 1 rings (SSSR count). The van der Waals surface area contributed by atoms with Gasteiger partial charge < -0.3 is 5.73 Å². The Morgan fingerprint density at radius 2 is 1.92 bits per heavy atom. The predicted molar refractivity (Wildman–Crippen MR) is 49.3 cm³/mol. The van der Waals surface area contributed by atoms with Crippen LogP contribution in [0.2, 0.25) is 0 Å². The molecule has 2 heteroatoms. The average Bonchev–Trinajstić information content (AvgIpc) is 1.82. The van der Waals surface area contributed by atoms with Gasteiger partial charge in [-0.3, -0.25) is 0 Å². The van der Waals surface area contributed by atoms with Crippen LogP contribution in [-0.4, -0.2) is 6.04 Å². The SMILES string of the molecule is CC1(C)CC(N)CC(C)(C#N)C1. The third-order valence-electron chi connectivity index (χ3n) is 2.67. The molecule has 0 bridgehead atoms. The summed E-state index contributed by atoms with van der Waals surface area (Å²) in [6, 6.07) is 2.59. The third kappa shape index (κ3) is 1.98. The van der Waals surface area contributed by atoms with E-state index in [9.17, 15) is 0 Å². The summed E-state index contributed by atoms with van der Waals surface area (Å²) in [5.74, 6) is 0. The van der Waals surface area contributed by atoms with Crippen molar-refractivity contribution in [1.82, 2.24) is 0 Å². The lowest BCUT2D eigenvalue weighted by Gasteiger charge is -2.41. The molecule has 2 unspecified atom stereocenters. The maximum absolute atomic E-state index is 8.99. The van der Waals surface area contributed by atoms with E-state index in [0.29, 0.717) is 0 Å². The van der Waals surface area contributed by atoms with Crippen LogP contribution in [0, 0.1) is 22.2 Å². The minimum atomic E-state index is -0.193. The Balaban J connectivity index is 2.78. The summed E-state index contributed by atoms with van der Waals surface area (Å²) in [7, 11) is 0. The lowest BCUT2D eigenvalue weighted by molar-refractivity contribution is 0.126. The first-order valence-corrected chi connectivity index (χ1v) is 4.54. The van der Waals surface area contributed by atoms with Crippen LogP contribution in [0.3, 0.4) is 0 Å². The van der Waals surface area contributed by atoms with Crippen LogP contribution in [-0.2, 0) is 0 Å². The molecule has 1 aliphatic rings. The number of hydrogen-bond acceptors (Lipinski definition) is 2. The van der Waals surface area contributed by atoms with Gasteiger partial charge in [0.25, 0.3) is 0 Å². The van der Waals surface area contributed by atoms with Gasteiger partial charge in [-0.25, -0.2) is 0 Å². The van der Waals surface area contributed by atoms with Crippen molar-refractivity contribution in [3.63, 3.8) is 0 Å². The highest BCUT2D eigenvalue weighted by atomic mass is 14.7. The standard InChI is InChI=1S/C10H18N2/c1-9(2)4-8(12)5-10(3,6-9)7-11/h8H,4-6,12H2,1-3H3. The number of rotatable bonds is 0. The van der Waals surface area contributed by atoms with E-state index in [0.717, 1.165) is 19.3 Å². The molecule has 0 aromatic heterocycles. The largest absolute Gasteiger partial charge is 0.328 e. The van der Waals surface area contributed by atoms with Gasteiger partial charge in [0.15, 0.2) is 0 Å². The molecule has 1 fully saturated rings. The predicted octanol–water partition coefficient (Wildman–Crippen LogP) is 2.05. The summed E-state index contributed by atoms with van der Waals surface area (Å²) in [6.07, 6.45) is 2.88. The van der Waals surface area contributed by atoms with Crippen LogP contribution in [0.1, 0.15) is 40.0 Å². The van der Waals surface area contributed by atoms with Gasteiger partial charge >= 0.3 is 0 Å². The van der Waals surface area contributed by atoms with E-state index in [1.807, 2.05) is 6.92 Å². The van der Waals surface area contributed by atoms with E-state index in [4.69, 9.17) is 11.0 Å². The van der Waals surface area contributed by atoms with Gasteiger partial charge in [0.05, 0.1) is 11.5 Å². The zero-order valence-corrected chi connectivity index (χ0v) is 8.22. The Morgan fingerprint density at radius 3 is 2.33 bits per heavy atom. The van der Waals surface area contributed by atoms with Crippen LogP contribution >= 0.6 is 0 Å². The minimum Gasteiger partial charge on any atom is -0.328 e. The molecule has 0 aromatic carbocycles. The molecule has 0 aromatic rings. The van der Waals surface area contributed by atoms with Crippen molar-refractivity contribution in [1.29, 1.82) is 5.26 Å². The fourth-order valence-electron chi connectivity index (χ4n) is 2.65. The van der Waals surface area contributed by atoms with Crippen molar-refractivity contribution < 1.29 is 0 Å². The summed E-state index contributed by atoms with van der Waals surface area (Å²) in [5, 5.41) is 8.99. The van der Waals surface area contributed by atoms with E-state index >= 15 is 0 Å². The highest BCUT2D eigenvalue weighted by Gasteiger charge is 2.40. The molecule has 1 saturated carbocycles. The lowest BCUT2D eigenvalue weighted by Crippen LogP contribution is -2.41. The van der Waals surface area contributed by atoms with Crippen molar-refractivity contribution >= 4 is 0 Å². The van der Waals surface area contributed by atoms with Crippen LogP contribution in [0.25, 0.3) is 0 Å². The van der Waals surface area contributed by atoms with Gasteiger partial charge in [0.2, 0.25) is 0 Å². The molecule has 2 nitrogen and oxygen atoms in total. The van der Waals surface area contributed by atoms with E-state index in [1.54, 1.807) is 0 Å². The van der Waals surface area contributed by atoms with E-state index in [1.165, 1.54) is 0 Å². The Labute approximate surface area is 74.8 Å². The average molecular weight is 166 g/mol. The first-order chi connectivity index (χ1) is 5.37. The van der Waals surface area contributed by atoms with Gasteiger partial charge in [-0.15, -0.1) is 0 Å². The number of nitrogens with zero attached hydrogens (tertiary/aromatic N) is 1. The normalized spacial score (nSPS) is 40.4. The summed E-state index contributed by atoms with van der Waals surface area (Å²) in [5.41, 5.74) is 5.96. The van der Waals surface area contributed by atoms with Crippen LogP contribution in [0.5, 0.6) is 0 Å². The van der Waals surface area contributed by atoms with Crippen LogP contribution in [0.15, 0.2) is 0 Å². The molecule has 1 aliphatic carbocycles. The summed E-state index contributed by atoms with van der Waals surface area (Å²) in [4.78, 5) is 0. The highest BCUT2D eigenvalue weighted by molar-refractivity contribution is 5.04. The minimum absolute atomic E-state index is 0.193. The summed E-state index contributed by atoms with van der Waals surface area (Å²) in [6.45, 7) is 6.41. The summed E-state index contributed by atoms with van der Waals surface area (Å²) < 4.78 is 0. The quantitative estimate of drug-likeness (QED) is 0.598. The Morgan fingerprint density at radius 1 is 1.33 bits per heavy atom. The highest BCUT2D eigenvalue weighted by Crippen LogP contribution is 2.44. The zero-order valence-electron chi connectivity index (χ0n) is 8.22. The maximum atomic E-state index is 8.99. The molecule has 0 amide bonds. The number of hydrogen-bond donors (Lipinski definition) is 1. The van der Waals surface area contributed by atoms with Gasteiger partial charge in [-0.05, 0) is 31.6 Å². The number of nitrogens with two attached hydrogens (primary N) is 1. The fraction of sp³-hybridized carbons (Fsp3) is 0.900. The maximum Gasteiger partial charge on any atom is 0.0687 e. The van der Waals surface area contributed by atoms with E-state index < -0.39 is 0 Å². The molecule has 0 heterocycles. The van der Waals surface area contributed by atoms with Crippen LogP contribution in [0.4, 0.5) is 0 Å². The molecular formula is C10H18N2. The Kier molecular flexibility index (Phi) is 2.18. The van der Waals surface area contributed by atoms with Gasteiger partial charge in [-0.2, -0.15) is 5.26 Å². The Hall–Kier alpha value is -0.550. The molecule has 2 N–H and O–H groups in total. The van der Waals surface area contributed by atoms with Crippen molar-refractivity contribution in [2.24, 2.45) is 16.6 Å². The van der Waals surface area contributed by atoms with Crippen molar-refractivity contribution in [3.8, 4) is 6.07 Å². The van der Waals surface area contributed by atoms with Crippen molar-refractivity contribution in [3.05, 3.63) is 0 Å². The van der Waals surface area contributed by atoms with Crippen LogP contribution < -0.4 is 5.73 Å². The molecule has 0 saturated heterocycles. The van der Waals surface area contributed by atoms with E-state index in [2.05, 4.69) is 19.9 Å². The van der Waals surface area contributed by atoms with Gasteiger partial charge in [0.1, 0.15) is 0 Å². The second kappa shape index (κ2) is 2.74. The molecule has 0 spiro atoms. The summed E-state index contributed by atoms with van der Waals surface area (Å²) >= 11 is 0. The molecular weight excluding hydrogens is 148 g/mol. The van der Waals surface area contributed by atoms with E-state index in [-0.39, 0.29) is 16.9 Å². The molecule has 0 aliphatic heterocycles. The second-order valence-electron chi connectivity index (χ2n) is 5.18. The van der Waals surface area contributed by atoms with Crippen molar-refractivity contribution in [2.75, 3.05) is 0 Å². The van der Waals surface area contributed by atoms with Crippen molar-refractivity contribution in [2.45, 2.75) is 46.1 Å². The monoisotopic (exact) mass is 166 g/mol. The number of nitriles is 1. The van der Waals surface area contributed by atoms with Gasteiger partial charge in [-0.1, -0.05) is 13.8 Å². The zero-order chi connectivity index (χ0) is 9.41. The Bertz CT molecular complexity index is 214. The first-order valence-electron chi connectivity index (χ1n) is 4.54.